The number of ether oxygens (including phenoxy) is 2. The number of anilines is 3. The third kappa shape index (κ3) is 9.17. The van der Waals surface area contributed by atoms with Crippen molar-refractivity contribution < 1.29 is 23.9 Å². The van der Waals surface area contributed by atoms with Crippen LogP contribution in [0, 0.1) is 12.8 Å². The van der Waals surface area contributed by atoms with Gasteiger partial charge in [0.15, 0.2) is 0 Å². The Morgan fingerprint density at radius 3 is 2.38 bits per heavy atom. The molecule has 0 saturated heterocycles. The molecule has 0 radical (unpaired) electrons. The largest absolute Gasteiger partial charge is 0.495 e. The minimum absolute atomic E-state index is 0.131. The molecule has 3 aromatic rings. The van der Waals surface area contributed by atoms with E-state index in [1.54, 1.807) is 18.2 Å². The van der Waals surface area contributed by atoms with Gasteiger partial charge in [0.05, 0.1) is 31.7 Å². The molecule has 3 rings (SSSR count). The Kier molecular flexibility index (Phi) is 10.9. The number of hydrogen-bond donors (Lipinski definition) is 3. The lowest BCUT2D eigenvalue weighted by Crippen LogP contribution is -2.20. The molecule has 0 bridgehead atoms. The van der Waals surface area contributed by atoms with Gasteiger partial charge in [-0.25, -0.2) is 4.79 Å². The van der Waals surface area contributed by atoms with E-state index < -0.39 is 0 Å². The van der Waals surface area contributed by atoms with Crippen molar-refractivity contribution in [2.45, 2.75) is 46.5 Å². The maximum Gasteiger partial charge on any atom is 0.323 e. The molecule has 1 atom stereocenters. The summed E-state index contributed by atoms with van der Waals surface area (Å²) < 4.78 is 10.5. The van der Waals surface area contributed by atoms with Gasteiger partial charge in [-0.2, -0.15) is 0 Å². The summed E-state index contributed by atoms with van der Waals surface area (Å²) in [6, 6.07) is 20.1. The van der Waals surface area contributed by atoms with E-state index in [4.69, 9.17) is 9.47 Å². The summed E-state index contributed by atoms with van der Waals surface area (Å²) >= 11 is 0. The summed E-state index contributed by atoms with van der Waals surface area (Å²) in [5.41, 5.74) is 4.72. The minimum atomic E-state index is -0.386. The number of methoxy groups -OCH3 is 1. The smallest absolute Gasteiger partial charge is 0.323 e. The van der Waals surface area contributed by atoms with Crippen molar-refractivity contribution >= 4 is 35.0 Å². The summed E-state index contributed by atoms with van der Waals surface area (Å²) in [7, 11) is 1.52. The van der Waals surface area contributed by atoms with Crippen LogP contribution in [-0.4, -0.2) is 31.6 Å². The molecule has 0 aromatic heterocycles. The van der Waals surface area contributed by atoms with E-state index in [0.29, 0.717) is 23.7 Å². The number of urea groups is 1. The number of para-hydroxylation sites is 1. The molecule has 0 saturated carbocycles. The first kappa shape index (κ1) is 29.2. The lowest BCUT2D eigenvalue weighted by Gasteiger charge is -2.14. The summed E-state index contributed by atoms with van der Waals surface area (Å²) in [5, 5.41) is 8.57. The monoisotopic (exact) mass is 531 g/mol. The Balaban J connectivity index is 1.53. The molecule has 0 fully saturated rings. The Morgan fingerprint density at radius 2 is 1.64 bits per heavy atom. The van der Waals surface area contributed by atoms with Gasteiger partial charge < -0.3 is 25.4 Å². The van der Waals surface area contributed by atoms with Crippen LogP contribution < -0.4 is 20.7 Å². The van der Waals surface area contributed by atoms with Gasteiger partial charge in [-0.3, -0.25) is 9.59 Å². The normalized spacial score (nSPS) is 11.3. The van der Waals surface area contributed by atoms with Crippen molar-refractivity contribution in [1.29, 1.82) is 0 Å². The van der Waals surface area contributed by atoms with Crippen LogP contribution in [0.5, 0.6) is 5.75 Å². The van der Waals surface area contributed by atoms with Crippen molar-refractivity contribution in [2.75, 3.05) is 29.7 Å². The minimum Gasteiger partial charge on any atom is -0.495 e. The third-order valence-corrected chi connectivity index (χ3v) is 6.27. The second-order valence-electron chi connectivity index (χ2n) is 9.40. The van der Waals surface area contributed by atoms with E-state index in [2.05, 4.69) is 16.0 Å². The molecule has 1 unspecified atom stereocenters. The van der Waals surface area contributed by atoms with Gasteiger partial charge in [-0.1, -0.05) is 43.3 Å². The highest BCUT2D eigenvalue weighted by Crippen LogP contribution is 2.26. The van der Waals surface area contributed by atoms with E-state index in [-0.39, 0.29) is 30.2 Å². The van der Waals surface area contributed by atoms with Crippen molar-refractivity contribution in [3.05, 3.63) is 83.4 Å². The number of esters is 1. The zero-order valence-electron chi connectivity index (χ0n) is 23.0. The van der Waals surface area contributed by atoms with Gasteiger partial charge >= 0.3 is 12.0 Å². The highest BCUT2D eigenvalue weighted by molar-refractivity contribution is 6.01. The maximum atomic E-state index is 12.7. The third-order valence-electron chi connectivity index (χ3n) is 6.27. The van der Waals surface area contributed by atoms with Crippen molar-refractivity contribution in [2.24, 2.45) is 5.92 Å². The van der Waals surface area contributed by atoms with E-state index in [9.17, 15) is 14.4 Å². The molecule has 3 aromatic carbocycles. The number of aryl methyl sites for hydroxylation is 2. The molecular weight excluding hydrogens is 494 g/mol. The van der Waals surface area contributed by atoms with Crippen LogP contribution >= 0.6 is 0 Å². The number of nitrogens with one attached hydrogen (secondary N) is 3. The van der Waals surface area contributed by atoms with Gasteiger partial charge in [-0.15, -0.1) is 0 Å². The Hall–Kier alpha value is -4.33. The van der Waals surface area contributed by atoms with Gasteiger partial charge in [0.1, 0.15) is 5.75 Å². The molecule has 0 aliphatic rings. The fraction of sp³-hybridized carbons (Fsp3) is 0.323. The lowest BCUT2D eigenvalue weighted by molar-refractivity contribution is -0.147. The first-order chi connectivity index (χ1) is 18.8. The van der Waals surface area contributed by atoms with E-state index in [1.165, 1.54) is 7.11 Å². The molecule has 8 nitrogen and oxygen atoms in total. The Labute approximate surface area is 230 Å². The predicted octanol–water partition coefficient (Wildman–Crippen LogP) is 6.35. The van der Waals surface area contributed by atoms with Crippen LogP contribution in [0.4, 0.5) is 21.9 Å². The van der Waals surface area contributed by atoms with Gasteiger partial charge in [0.25, 0.3) is 0 Å². The van der Waals surface area contributed by atoms with E-state index >= 15 is 0 Å². The van der Waals surface area contributed by atoms with Crippen LogP contribution in [0.1, 0.15) is 43.4 Å². The van der Waals surface area contributed by atoms with Gasteiger partial charge in [0.2, 0.25) is 5.91 Å². The molecule has 3 N–H and O–H groups in total. The van der Waals surface area contributed by atoms with Crippen molar-refractivity contribution in [3.63, 3.8) is 0 Å². The molecule has 0 aliphatic carbocycles. The molecule has 0 heterocycles. The summed E-state index contributed by atoms with van der Waals surface area (Å²) in [6.45, 7) is 6.00. The lowest BCUT2D eigenvalue weighted by atomic mass is 10.0. The van der Waals surface area contributed by atoms with E-state index in [0.717, 1.165) is 41.6 Å². The number of carbonyl (C=O) groups is 3. The molecule has 39 heavy (non-hydrogen) atoms. The van der Waals surface area contributed by atoms with Gasteiger partial charge in [0, 0.05) is 11.4 Å². The molecule has 0 aliphatic heterocycles. The highest BCUT2D eigenvalue weighted by Gasteiger charge is 2.14. The standard InChI is InChI=1S/C31H37N3O5/c1-5-39-30(36)22(3)11-8-12-23-13-9-14-25(18-23)32-29(35)20-24-16-17-27(28(19-24)38-4)34-31(37)33-26-15-7-6-10-21(26)2/h6-7,9-10,13-19,22H,5,8,11-12,20H2,1-4H3,(H,32,35)(H2,33,34,37). The zero-order chi connectivity index (χ0) is 28.2. The summed E-state index contributed by atoms with van der Waals surface area (Å²) in [4.78, 5) is 37.0. The first-order valence-corrected chi connectivity index (χ1v) is 13.1. The summed E-state index contributed by atoms with van der Waals surface area (Å²) in [6.07, 6.45) is 2.54. The molecular formula is C31H37N3O5. The maximum absolute atomic E-state index is 12.7. The van der Waals surface area contributed by atoms with Crippen LogP contribution in [0.15, 0.2) is 66.7 Å². The van der Waals surface area contributed by atoms with Gasteiger partial charge in [-0.05, 0) is 80.1 Å². The number of hydrogen-bond acceptors (Lipinski definition) is 5. The molecule has 206 valence electrons. The summed E-state index contributed by atoms with van der Waals surface area (Å²) in [5.74, 6) is 0.000713. The molecule has 0 spiro atoms. The molecule has 3 amide bonds. The fourth-order valence-electron chi connectivity index (χ4n) is 4.15. The zero-order valence-corrected chi connectivity index (χ0v) is 23.0. The van der Waals surface area contributed by atoms with Crippen LogP contribution in [-0.2, 0) is 27.2 Å². The van der Waals surface area contributed by atoms with Crippen LogP contribution in [0.2, 0.25) is 0 Å². The predicted molar refractivity (Wildman–Crippen MR) is 154 cm³/mol. The van der Waals surface area contributed by atoms with Crippen LogP contribution in [0.3, 0.4) is 0 Å². The number of benzene rings is 3. The quantitative estimate of drug-likeness (QED) is 0.236. The topological polar surface area (TPSA) is 106 Å². The highest BCUT2D eigenvalue weighted by atomic mass is 16.5. The average molecular weight is 532 g/mol. The fourth-order valence-corrected chi connectivity index (χ4v) is 4.15. The Morgan fingerprint density at radius 1 is 0.872 bits per heavy atom. The average Bonchev–Trinajstić information content (AvgIpc) is 2.91. The van der Waals surface area contributed by atoms with Crippen LogP contribution in [0.25, 0.3) is 0 Å². The van der Waals surface area contributed by atoms with Crippen molar-refractivity contribution in [1.82, 2.24) is 0 Å². The van der Waals surface area contributed by atoms with Crippen molar-refractivity contribution in [3.8, 4) is 5.75 Å². The first-order valence-electron chi connectivity index (χ1n) is 13.1. The van der Waals surface area contributed by atoms with E-state index in [1.807, 2.05) is 69.3 Å². The second-order valence-corrected chi connectivity index (χ2v) is 9.40. The second kappa shape index (κ2) is 14.6. The number of amides is 3. The Bertz CT molecular complexity index is 1290. The number of carbonyl (C=O) groups excluding carboxylic acids is 3. The SMILES string of the molecule is CCOC(=O)C(C)CCCc1cccc(NC(=O)Cc2ccc(NC(=O)Nc3ccccc3C)c(OC)c2)c1. The molecule has 8 heteroatoms. The number of rotatable bonds is 12.